The van der Waals surface area contributed by atoms with E-state index >= 15 is 0 Å². The van der Waals surface area contributed by atoms with E-state index in [1.165, 1.54) is 30.3 Å². The van der Waals surface area contributed by atoms with Crippen LogP contribution in [0.1, 0.15) is 10.4 Å². The summed E-state index contributed by atoms with van der Waals surface area (Å²) in [5.74, 6) is -1.08. The lowest BCUT2D eigenvalue weighted by Crippen LogP contribution is -2.11. The summed E-state index contributed by atoms with van der Waals surface area (Å²) >= 11 is 9.94. The molecule has 0 amide bonds. The highest BCUT2D eigenvalue weighted by Crippen LogP contribution is 2.35. The van der Waals surface area contributed by atoms with E-state index in [9.17, 15) is 13.2 Å². The minimum Gasteiger partial charge on any atom is -0.478 e. The zero-order valence-corrected chi connectivity index (χ0v) is 13.6. The SMILES string of the molecule is O=C(O)c1ccc(NS(=O)(=O)c2cc(Cl)c(Br)s2)cc1. The van der Waals surface area contributed by atoms with E-state index in [-0.39, 0.29) is 15.5 Å². The highest BCUT2D eigenvalue weighted by molar-refractivity contribution is 9.11. The number of carbonyl (C=O) groups is 1. The largest absolute Gasteiger partial charge is 0.478 e. The number of hydrogen-bond acceptors (Lipinski definition) is 4. The Labute approximate surface area is 132 Å². The molecule has 0 aliphatic rings. The zero-order valence-electron chi connectivity index (χ0n) is 9.63. The summed E-state index contributed by atoms with van der Waals surface area (Å²) in [7, 11) is -3.74. The minimum absolute atomic E-state index is 0.0664. The molecule has 0 atom stereocenters. The van der Waals surface area contributed by atoms with Gasteiger partial charge in [-0.1, -0.05) is 11.6 Å². The number of hydrogen-bond donors (Lipinski definition) is 2. The van der Waals surface area contributed by atoms with Crippen molar-refractivity contribution in [3.05, 3.63) is 44.7 Å². The van der Waals surface area contributed by atoms with Crippen LogP contribution in [-0.4, -0.2) is 19.5 Å². The average molecular weight is 397 g/mol. The van der Waals surface area contributed by atoms with Crippen molar-refractivity contribution in [2.24, 2.45) is 0 Å². The van der Waals surface area contributed by atoms with Gasteiger partial charge in [0.2, 0.25) is 0 Å². The molecule has 2 rings (SSSR count). The second-order valence-electron chi connectivity index (χ2n) is 3.68. The molecule has 1 aromatic carbocycles. The predicted molar refractivity (Wildman–Crippen MR) is 81.2 cm³/mol. The van der Waals surface area contributed by atoms with Crippen molar-refractivity contribution < 1.29 is 18.3 Å². The second kappa shape index (κ2) is 5.72. The molecule has 0 bridgehead atoms. The first-order chi connectivity index (χ1) is 9.29. The lowest BCUT2D eigenvalue weighted by Gasteiger charge is -2.06. The summed E-state index contributed by atoms with van der Waals surface area (Å²) in [6.07, 6.45) is 0. The second-order valence-corrected chi connectivity index (χ2v) is 8.36. The Morgan fingerprint density at radius 3 is 2.35 bits per heavy atom. The van der Waals surface area contributed by atoms with Crippen LogP contribution in [0, 0.1) is 0 Å². The summed E-state index contributed by atoms with van der Waals surface area (Å²) in [5, 5.41) is 9.08. The summed E-state index contributed by atoms with van der Waals surface area (Å²) in [6, 6.07) is 6.73. The van der Waals surface area contributed by atoms with Crippen molar-refractivity contribution in [1.82, 2.24) is 0 Å². The van der Waals surface area contributed by atoms with Gasteiger partial charge in [0, 0.05) is 5.69 Å². The van der Waals surface area contributed by atoms with Crippen LogP contribution in [0.2, 0.25) is 5.02 Å². The first-order valence-corrected chi connectivity index (χ1v) is 8.57. The number of rotatable bonds is 4. The molecule has 1 heterocycles. The van der Waals surface area contributed by atoms with Crippen LogP contribution in [0.5, 0.6) is 0 Å². The van der Waals surface area contributed by atoms with E-state index in [0.717, 1.165) is 11.3 Å². The fourth-order valence-corrected chi connectivity index (χ4v) is 4.80. The third kappa shape index (κ3) is 3.32. The van der Waals surface area contributed by atoms with Gasteiger partial charge in [0.15, 0.2) is 0 Å². The van der Waals surface area contributed by atoms with Crippen molar-refractivity contribution in [2.75, 3.05) is 4.72 Å². The molecular weight excluding hydrogens is 390 g/mol. The van der Waals surface area contributed by atoms with Crippen LogP contribution >= 0.6 is 38.9 Å². The van der Waals surface area contributed by atoms with E-state index in [2.05, 4.69) is 20.7 Å². The third-order valence-corrected chi connectivity index (χ3v) is 6.60. The number of carboxylic acid groups (broad SMARTS) is 1. The summed E-state index contributed by atoms with van der Waals surface area (Å²) < 4.78 is 27.1. The molecule has 0 aliphatic carbocycles. The molecule has 2 N–H and O–H groups in total. The predicted octanol–water partition coefficient (Wildman–Crippen LogP) is 3.66. The summed E-state index contributed by atoms with van der Waals surface area (Å²) in [4.78, 5) is 10.7. The van der Waals surface area contributed by atoms with Gasteiger partial charge >= 0.3 is 5.97 Å². The lowest BCUT2D eigenvalue weighted by atomic mass is 10.2. The van der Waals surface area contributed by atoms with E-state index in [1.54, 1.807) is 0 Å². The quantitative estimate of drug-likeness (QED) is 0.826. The van der Waals surface area contributed by atoms with Gasteiger partial charge in [-0.3, -0.25) is 4.72 Å². The Balaban J connectivity index is 2.26. The smallest absolute Gasteiger partial charge is 0.335 e. The van der Waals surface area contributed by atoms with Gasteiger partial charge < -0.3 is 5.11 Å². The molecular formula is C11H7BrClNO4S2. The molecule has 0 unspecified atom stereocenters. The number of halogens is 2. The number of sulfonamides is 1. The standard InChI is InChI=1S/C11H7BrClNO4S2/c12-10-8(13)5-9(19-10)20(17,18)14-7-3-1-6(2-4-7)11(15)16/h1-5,14H,(H,15,16). The van der Waals surface area contributed by atoms with Gasteiger partial charge in [-0.15, -0.1) is 11.3 Å². The zero-order chi connectivity index (χ0) is 14.9. The molecule has 0 saturated carbocycles. The minimum atomic E-state index is -3.74. The van der Waals surface area contributed by atoms with E-state index in [4.69, 9.17) is 16.7 Å². The number of aromatic carboxylic acids is 1. The van der Waals surface area contributed by atoms with Gasteiger partial charge in [0.25, 0.3) is 10.0 Å². The molecule has 106 valence electrons. The van der Waals surface area contributed by atoms with Gasteiger partial charge in [-0.05, 0) is 46.3 Å². The first-order valence-electron chi connectivity index (χ1n) is 5.10. The van der Waals surface area contributed by atoms with Crippen molar-refractivity contribution in [1.29, 1.82) is 0 Å². The van der Waals surface area contributed by atoms with Crippen LogP contribution in [0.3, 0.4) is 0 Å². The lowest BCUT2D eigenvalue weighted by molar-refractivity contribution is 0.0697. The Kier molecular flexibility index (Phi) is 4.38. The monoisotopic (exact) mass is 395 g/mol. The van der Waals surface area contributed by atoms with Crippen LogP contribution in [0.15, 0.2) is 38.3 Å². The normalized spacial score (nSPS) is 11.3. The topological polar surface area (TPSA) is 83.5 Å². The maximum absolute atomic E-state index is 12.1. The van der Waals surface area contributed by atoms with Crippen LogP contribution < -0.4 is 4.72 Å². The Bertz CT molecular complexity index is 736. The number of carboxylic acids is 1. The van der Waals surface area contributed by atoms with Crippen LogP contribution in [0.4, 0.5) is 5.69 Å². The molecule has 2 aromatic rings. The number of anilines is 1. The van der Waals surface area contributed by atoms with E-state index < -0.39 is 16.0 Å². The van der Waals surface area contributed by atoms with Gasteiger partial charge in [0.05, 0.1) is 14.4 Å². The van der Waals surface area contributed by atoms with E-state index in [0.29, 0.717) is 8.81 Å². The molecule has 5 nitrogen and oxygen atoms in total. The fourth-order valence-electron chi connectivity index (χ4n) is 1.35. The Morgan fingerprint density at radius 2 is 1.90 bits per heavy atom. The maximum atomic E-state index is 12.1. The maximum Gasteiger partial charge on any atom is 0.335 e. The van der Waals surface area contributed by atoms with Gasteiger partial charge in [0.1, 0.15) is 4.21 Å². The Morgan fingerprint density at radius 1 is 1.30 bits per heavy atom. The number of benzene rings is 1. The van der Waals surface area contributed by atoms with Gasteiger partial charge in [-0.2, -0.15) is 0 Å². The van der Waals surface area contributed by atoms with Crippen LogP contribution in [-0.2, 0) is 10.0 Å². The molecule has 20 heavy (non-hydrogen) atoms. The first kappa shape index (κ1) is 15.3. The molecule has 0 fully saturated rings. The molecule has 0 spiro atoms. The highest BCUT2D eigenvalue weighted by Gasteiger charge is 2.19. The molecule has 0 radical (unpaired) electrons. The molecule has 0 saturated heterocycles. The van der Waals surface area contributed by atoms with E-state index in [1.807, 2.05) is 0 Å². The summed E-state index contributed by atoms with van der Waals surface area (Å²) in [5.41, 5.74) is 0.352. The molecule has 9 heteroatoms. The highest BCUT2D eigenvalue weighted by atomic mass is 79.9. The van der Waals surface area contributed by atoms with Crippen molar-refractivity contribution >= 4 is 60.5 Å². The van der Waals surface area contributed by atoms with Crippen LogP contribution in [0.25, 0.3) is 0 Å². The average Bonchev–Trinajstić information content (AvgIpc) is 2.71. The van der Waals surface area contributed by atoms with Crippen molar-refractivity contribution in [3.8, 4) is 0 Å². The van der Waals surface area contributed by atoms with Gasteiger partial charge in [-0.25, -0.2) is 13.2 Å². The fraction of sp³-hybridized carbons (Fsp3) is 0. The van der Waals surface area contributed by atoms with Crippen molar-refractivity contribution in [2.45, 2.75) is 4.21 Å². The third-order valence-electron chi connectivity index (χ3n) is 2.27. The number of thiophene rings is 1. The number of nitrogens with one attached hydrogen (secondary N) is 1. The molecule has 1 aromatic heterocycles. The van der Waals surface area contributed by atoms with Crippen molar-refractivity contribution in [3.63, 3.8) is 0 Å². The Hall–Kier alpha value is -1.09. The summed E-state index contributed by atoms with van der Waals surface area (Å²) in [6.45, 7) is 0. The molecule has 0 aliphatic heterocycles.